The summed E-state index contributed by atoms with van der Waals surface area (Å²) in [5.41, 5.74) is 0. The Bertz CT molecular complexity index is 515. The summed E-state index contributed by atoms with van der Waals surface area (Å²) in [6.07, 6.45) is 19.6. The number of carboxylic acid groups (broad SMARTS) is 3. The highest BCUT2D eigenvalue weighted by Crippen LogP contribution is 2.17. The molecule has 0 fully saturated rings. The van der Waals surface area contributed by atoms with Crippen LogP contribution in [0.4, 0.5) is 0 Å². The molecule has 0 saturated heterocycles. The number of hydrogen-bond donors (Lipinski definition) is 2. The Kier molecular flexibility index (Phi) is 19.5. The third-order valence-corrected chi connectivity index (χ3v) is 6.27. The number of carbonyl (C=O) groups excluding carboxylic acids is 1. The molecule has 0 aliphatic heterocycles. The van der Waals surface area contributed by atoms with E-state index in [4.69, 9.17) is 10.2 Å². The van der Waals surface area contributed by atoms with Crippen LogP contribution in [0.15, 0.2) is 12.2 Å². The Morgan fingerprint density at radius 3 is 1.52 bits per heavy atom. The molecule has 7 nitrogen and oxygen atoms in total. The van der Waals surface area contributed by atoms with Gasteiger partial charge in [0.05, 0.1) is 39.0 Å². The van der Waals surface area contributed by atoms with E-state index in [1.807, 2.05) is 0 Å². The van der Waals surface area contributed by atoms with Crippen LogP contribution in [0.3, 0.4) is 0 Å². The molecule has 0 unspecified atom stereocenters. The molecule has 0 spiro atoms. The van der Waals surface area contributed by atoms with E-state index >= 15 is 0 Å². The van der Waals surface area contributed by atoms with E-state index in [-0.39, 0.29) is 43.4 Å². The topological polar surface area (TPSA) is 115 Å². The van der Waals surface area contributed by atoms with Gasteiger partial charge in [0.25, 0.3) is 0 Å². The highest BCUT2D eigenvalue weighted by molar-refractivity contribution is 5.67. The van der Waals surface area contributed by atoms with Crippen molar-refractivity contribution in [2.24, 2.45) is 0 Å². The number of quaternary nitrogens is 1. The summed E-state index contributed by atoms with van der Waals surface area (Å²) >= 11 is 0. The van der Waals surface area contributed by atoms with Crippen LogP contribution >= 0.6 is 0 Å². The number of unbranched alkanes of at least 4 members (excludes halogenated alkanes) is 11. The maximum Gasteiger partial charge on any atom is 0.309 e. The maximum atomic E-state index is 11.1. The molecule has 0 radical (unpaired) electrons. The van der Waals surface area contributed by atoms with Gasteiger partial charge in [0.15, 0.2) is 0 Å². The molecule has 0 aromatic heterocycles. The quantitative estimate of drug-likeness (QED) is 0.122. The van der Waals surface area contributed by atoms with Crippen molar-refractivity contribution in [2.75, 3.05) is 26.2 Å². The van der Waals surface area contributed by atoms with E-state index in [0.29, 0.717) is 6.54 Å². The van der Waals surface area contributed by atoms with Gasteiger partial charge >= 0.3 is 11.9 Å². The number of allylic oxidation sites excluding steroid dienone is 2. The lowest BCUT2D eigenvalue weighted by Gasteiger charge is -2.38. The molecule has 0 aromatic carbocycles. The Labute approximate surface area is 200 Å². The van der Waals surface area contributed by atoms with Crippen LogP contribution in [0.2, 0.25) is 0 Å². The van der Waals surface area contributed by atoms with E-state index in [0.717, 1.165) is 19.3 Å². The number of hydrogen-bond acceptors (Lipinski definition) is 4. The summed E-state index contributed by atoms with van der Waals surface area (Å²) in [6, 6.07) is 0. The lowest BCUT2D eigenvalue weighted by Crippen LogP contribution is -2.53. The Balaban J connectivity index is 4.14. The molecule has 0 atom stereocenters. The molecule has 0 saturated carbocycles. The molecule has 7 heteroatoms. The molecule has 0 rings (SSSR count). The number of carboxylic acids is 3. The van der Waals surface area contributed by atoms with E-state index < -0.39 is 17.9 Å². The Morgan fingerprint density at radius 2 is 1.06 bits per heavy atom. The average molecular weight is 470 g/mol. The highest BCUT2D eigenvalue weighted by Gasteiger charge is 2.28. The minimum Gasteiger partial charge on any atom is -0.550 e. The summed E-state index contributed by atoms with van der Waals surface area (Å²) in [7, 11) is 0. The first-order chi connectivity index (χ1) is 15.8. The van der Waals surface area contributed by atoms with Gasteiger partial charge in [-0.2, -0.15) is 0 Å². The van der Waals surface area contributed by atoms with Crippen LogP contribution in [0.25, 0.3) is 0 Å². The van der Waals surface area contributed by atoms with Gasteiger partial charge < -0.3 is 24.6 Å². The molecule has 0 amide bonds. The molecule has 0 aromatic rings. The third kappa shape index (κ3) is 20.4. The smallest absolute Gasteiger partial charge is 0.309 e. The van der Waals surface area contributed by atoms with E-state index in [2.05, 4.69) is 19.1 Å². The van der Waals surface area contributed by atoms with E-state index in [1.165, 1.54) is 64.2 Å². The predicted molar refractivity (Wildman–Crippen MR) is 129 cm³/mol. The molecular formula is C26H47NO6. The minimum atomic E-state index is -1.18. The van der Waals surface area contributed by atoms with Crippen molar-refractivity contribution in [1.29, 1.82) is 0 Å². The Hall–Kier alpha value is -1.89. The fourth-order valence-corrected chi connectivity index (χ4v) is 4.19. The lowest BCUT2D eigenvalue weighted by molar-refractivity contribution is -0.927. The average Bonchev–Trinajstić information content (AvgIpc) is 2.76. The summed E-state index contributed by atoms with van der Waals surface area (Å²) < 4.78 is 0.222. The minimum absolute atomic E-state index is 0.0955. The van der Waals surface area contributed by atoms with Gasteiger partial charge in [-0.15, -0.1) is 0 Å². The zero-order valence-electron chi connectivity index (χ0n) is 20.8. The van der Waals surface area contributed by atoms with E-state index in [1.54, 1.807) is 0 Å². The monoisotopic (exact) mass is 469 g/mol. The first-order valence-electron chi connectivity index (χ1n) is 12.9. The summed E-state index contributed by atoms with van der Waals surface area (Å²) in [6.45, 7) is 3.54. The van der Waals surface area contributed by atoms with Gasteiger partial charge in [0.2, 0.25) is 0 Å². The van der Waals surface area contributed by atoms with Crippen LogP contribution in [-0.2, 0) is 14.4 Å². The fourth-order valence-electron chi connectivity index (χ4n) is 4.19. The van der Waals surface area contributed by atoms with Gasteiger partial charge in [-0.05, 0) is 32.1 Å². The van der Waals surface area contributed by atoms with Crippen molar-refractivity contribution in [1.82, 2.24) is 0 Å². The van der Waals surface area contributed by atoms with E-state index in [9.17, 15) is 19.5 Å². The van der Waals surface area contributed by atoms with Crippen molar-refractivity contribution >= 4 is 17.9 Å². The zero-order valence-corrected chi connectivity index (χ0v) is 20.8. The maximum absolute atomic E-state index is 11.1. The van der Waals surface area contributed by atoms with Crippen LogP contribution in [-0.4, -0.2) is 58.8 Å². The van der Waals surface area contributed by atoms with Crippen molar-refractivity contribution in [3.8, 4) is 0 Å². The number of carbonyl (C=O) groups is 3. The van der Waals surface area contributed by atoms with Gasteiger partial charge in [0, 0.05) is 12.4 Å². The number of nitrogens with zero attached hydrogens (tertiary/aromatic N) is 1. The van der Waals surface area contributed by atoms with Gasteiger partial charge in [-0.25, -0.2) is 0 Å². The van der Waals surface area contributed by atoms with Crippen molar-refractivity contribution in [3.63, 3.8) is 0 Å². The van der Waals surface area contributed by atoms with Crippen molar-refractivity contribution in [2.45, 2.75) is 110 Å². The van der Waals surface area contributed by atoms with Gasteiger partial charge in [-0.3, -0.25) is 9.59 Å². The van der Waals surface area contributed by atoms with Crippen LogP contribution < -0.4 is 5.11 Å². The highest BCUT2D eigenvalue weighted by atomic mass is 16.4. The number of rotatable bonds is 24. The standard InChI is InChI=1S/C26H47NO6/c1-2-3-4-5-6-7-8-9-10-11-12-13-14-15-16-20-27(21-17-24(28)29,22-18-25(30)31)23-19-26(32)33/h4-5H,2-3,6-23H2,1H3,(H2-,28,29,30,31,32,33)/b5-4+. The molecular weight excluding hydrogens is 422 g/mol. The van der Waals surface area contributed by atoms with Gasteiger partial charge in [-0.1, -0.05) is 70.4 Å². The predicted octanol–water partition coefficient (Wildman–Crippen LogP) is 4.54. The summed E-state index contributed by atoms with van der Waals surface area (Å²) in [5.74, 6) is -3.08. The van der Waals surface area contributed by atoms with Crippen LogP contribution in [0, 0.1) is 0 Å². The molecule has 33 heavy (non-hydrogen) atoms. The Morgan fingerprint density at radius 1 is 0.636 bits per heavy atom. The first kappa shape index (κ1) is 31.1. The first-order valence-corrected chi connectivity index (χ1v) is 12.9. The lowest BCUT2D eigenvalue weighted by atomic mass is 10.0. The fraction of sp³-hybridized carbons (Fsp3) is 0.808. The van der Waals surface area contributed by atoms with Gasteiger partial charge in [0.1, 0.15) is 0 Å². The molecule has 0 bridgehead atoms. The normalized spacial score (nSPS) is 11.8. The molecule has 2 N–H and O–H groups in total. The number of aliphatic carboxylic acids is 3. The van der Waals surface area contributed by atoms with Crippen LogP contribution in [0.1, 0.15) is 110 Å². The SMILES string of the molecule is CCC/C=C/CCCCCCCCCCCC[N+](CCC(=O)[O-])(CCC(=O)O)CCC(=O)O. The summed E-state index contributed by atoms with van der Waals surface area (Å²) in [5, 5.41) is 29.1. The third-order valence-electron chi connectivity index (χ3n) is 6.27. The molecule has 192 valence electrons. The van der Waals surface area contributed by atoms with Crippen molar-refractivity contribution in [3.05, 3.63) is 12.2 Å². The molecule has 0 heterocycles. The van der Waals surface area contributed by atoms with Crippen molar-refractivity contribution < 1.29 is 34.2 Å². The molecule has 0 aliphatic carbocycles. The second-order valence-corrected chi connectivity index (χ2v) is 9.23. The largest absolute Gasteiger partial charge is 0.550 e. The summed E-state index contributed by atoms with van der Waals surface area (Å²) in [4.78, 5) is 33.1. The zero-order chi connectivity index (χ0) is 24.8. The molecule has 0 aliphatic rings. The second kappa shape index (κ2) is 20.7. The van der Waals surface area contributed by atoms with Crippen LogP contribution in [0.5, 0.6) is 0 Å². The second-order valence-electron chi connectivity index (χ2n) is 9.23.